The standard InChI is InChI=1S/C9H13ClNO/c1-9(2,3)7-4-5-11(12)8(10)6-7/h4-6,8H,1-3H3/q+1. The number of hydrogen-bond donors (Lipinski definition) is 0. The largest absolute Gasteiger partial charge is 0.299 e. The summed E-state index contributed by atoms with van der Waals surface area (Å²) in [6.07, 6.45) is 5.07. The number of nitroso groups, excluding NO2 is 1. The van der Waals surface area contributed by atoms with Gasteiger partial charge in [-0.25, -0.2) is 0 Å². The molecule has 1 heterocycles. The van der Waals surface area contributed by atoms with Crippen LogP contribution in [0.15, 0.2) is 23.9 Å². The Morgan fingerprint density at radius 3 is 2.50 bits per heavy atom. The summed E-state index contributed by atoms with van der Waals surface area (Å²) in [5.74, 6) is 0. The third kappa shape index (κ3) is 1.95. The van der Waals surface area contributed by atoms with Crippen molar-refractivity contribution in [3.8, 4) is 0 Å². The second-order valence-corrected chi connectivity index (χ2v) is 4.37. The molecule has 1 unspecified atom stereocenters. The van der Waals surface area contributed by atoms with Crippen molar-refractivity contribution in [2.45, 2.75) is 26.3 Å². The highest BCUT2D eigenvalue weighted by Gasteiger charge is 2.26. The van der Waals surface area contributed by atoms with Gasteiger partial charge >= 0.3 is 0 Å². The normalized spacial score (nSPS) is 24.2. The van der Waals surface area contributed by atoms with E-state index < -0.39 is 5.50 Å². The van der Waals surface area contributed by atoms with Gasteiger partial charge in [0.05, 0.1) is 4.76 Å². The van der Waals surface area contributed by atoms with Crippen LogP contribution >= 0.6 is 11.6 Å². The van der Waals surface area contributed by atoms with Gasteiger partial charge in [0, 0.05) is 17.1 Å². The smallest absolute Gasteiger partial charge is 0.0561 e. The fraction of sp³-hybridized carbons (Fsp3) is 0.556. The predicted molar refractivity (Wildman–Crippen MR) is 49.9 cm³/mol. The van der Waals surface area contributed by atoms with Gasteiger partial charge in [0.15, 0.2) is 0 Å². The van der Waals surface area contributed by atoms with E-state index in [9.17, 15) is 4.91 Å². The zero-order chi connectivity index (χ0) is 9.35. The van der Waals surface area contributed by atoms with Gasteiger partial charge in [-0.05, 0) is 22.6 Å². The van der Waals surface area contributed by atoms with E-state index in [1.54, 1.807) is 6.08 Å². The molecule has 1 aliphatic rings. The Bertz CT molecular complexity index is 260. The Balaban J connectivity index is 2.91. The molecule has 0 aromatic rings. The predicted octanol–water partition coefficient (Wildman–Crippen LogP) is 2.83. The minimum absolute atomic E-state index is 0.0604. The molecule has 0 aliphatic carbocycles. The average molecular weight is 187 g/mol. The minimum atomic E-state index is -0.552. The molecule has 12 heavy (non-hydrogen) atoms. The third-order valence-electron chi connectivity index (χ3n) is 1.83. The lowest BCUT2D eigenvalue weighted by Crippen LogP contribution is -2.19. The Morgan fingerprint density at radius 2 is 2.08 bits per heavy atom. The number of halogens is 1. The van der Waals surface area contributed by atoms with E-state index in [1.165, 1.54) is 6.20 Å². The summed E-state index contributed by atoms with van der Waals surface area (Å²) in [4.78, 5) is 10.9. The Hall–Kier alpha value is -0.630. The van der Waals surface area contributed by atoms with Crippen molar-refractivity contribution in [3.05, 3.63) is 28.8 Å². The van der Waals surface area contributed by atoms with Crippen LogP contribution in [-0.4, -0.2) is 10.3 Å². The second kappa shape index (κ2) is 3.02. The first-order chi connectivity index (χ1) is 5.41. The van der Waals surface area contributed by atoms with E-state index in [2.05, 4.69) is 20.8 Å². The van der Waals surface area contributed by atoms with Crippen LogP contribution in [-0.2, 0) is 0 Å². The SMILES string of the molecule is CC(C)(C)C1=CC(Cl)[N+](=O)C=C1. The third-order valence-corrected chi connectivity index (χ3v) is 2.15. The lowest BCUT2D eigenvalue weighted by molar-refractivity contribution is -0.487. The Labute approximate surface area is 77.5 Å². The molecule has 0 radical (unpaired) electrons. The molecule has 0 saturated carbocycles. The van der Waals surface area contributed by atoms with Crippen molar-refractivity contribution in [3.63, 3.8) is 0 Å². The molecule has 0 N–H and O–H groups in total. The molecule has 2 nitrogen and oxygen atoms in total. The first-order valence-corrected chi connectivity index (χ1v) is 4.35. The van der Waals surface area contributed by atoms with E-state index in [0.717, 1.165) is 10.3 Å². The zero-order valence-corrected chi connectivity index (χ0v) is 8.30. The van der Waals surface area contributed by atoms with Crippen LogP contribution in [0.2, 0.25) is 0 Å². The van der Waals surface area contributed by atoms with Crippen molar-refractivity contribution in [1.82, 2.24) is 0 Å². The van der Waals surface area contributed by atoms with Crippen molar-refractivity contribution in [2.75, 3.05) is 0 Å². The summed E-state index contributed by atoms with van der Waals surface area (Å²) in [6, 6.07) is 0. The molecule has 3 heteroatoms. The molecule has 1 aliphatic heterocycles. The maximum atomic E-state index is 10.9. The number of allylic oxidation sites excluding steroid dienone is 2. The van der Waals surface area contributed by atoms with Crippen molar-refractivity contribution in [2.24, 2.45) is 5.41 Å². The summed E-state index contributed by atoms with van der Waals surface area (Å²) in [5, 5.41) is 0. The van der Waals surface area contributed by atoms with Gasteiger partial charge in [0.2, 0.25) is 6.20 Å². The lowest BCUT2D eigenvalue weighted by Gasteiger charge is -2.20. The van der Waals surface area contributed by atoms with Crippen LogP contribution in [0.4, 0.5) is 0 Å². The van der Waals surface area contributed by atoms with Gasteiger partial charge in [-0.15, -0.1) is 0 Å². The molecule has 0 fully saturated rings. The van der Waals surface area contributed by atoms with Gasteiger partial charge in [0.1, 0.15) is 0 Å². The van der Waals surface area contributed by atoms with Gasteiger partial charge < -0.3 is 0 Å². The van der Waals surface area contributed by atoms with Crippen molar-refractivity contribution >= 4 is 11.6 Å². The minimum Gasteiger partial charge on any atom is -0.0561 e. The van der Waals surface area contributed by atoms with E-state index in [4.69, 9.17) is 11.6 Å². The first kappa shape index (κ1) is 9.46. The van der Waals surface area contributed by atoms with Crippen LogP contribution < -0.4 is 0 Å². The average Bonchev–Trinajstić information content (AvgIpc) is 1.92. The van der Waals surface area contributed by atoms with E-state index >= 15 is 0 Å². The zero-order valence-electron chi connectivity index (χ0n) is 7.54. The van der Waals surface area contributed by atoms with Crippen LogP contribution in [0, 0.1) is 10.3 Å². The van der Waals surface area contributed by atoms with Gasteiger partial charge in [-0.3, -0.25) is 0 Å². The van der Waals surface area contributed by atoms with E-state index in [1.807, 2.05) is 6.08 Å². The summed E-state index contributed by atoms with van der Waals surface area (Å²) >= 11 is 5.75. The molecule has 0 saturated heterocycles. The first-order valence-electron chi connectivity index (χ1n) is 3.91. The quantitative estimate of drug-likeness (QED) is 0.324. The molecule has 0 aromatic carbocycles. The maximum absolute atomic E-state index is 10.9. The van der Waals surface area contributed by atoms with Crippen LogP contribution in [0.5, 0.6) is 0 Å². The van der Waals surface area contributed by atoms with Gasteiger partial charge in [-0.2, -0.15) is 0 Å². The van der Waals surface area contributed by atoms with Crippen molar-refractivity contribution < 1.29 is 4.76 Å². The molecule has 66 valence electrons. The number of alkyl halides is 1. The highest BCUT2D eigenvalue weighted by atomic mass is 35.5. The molecule has 0 aromatic heterocycles. The Morgan fingerprint density at radius 1 is 1.50 bits per heavy atom. The maximum Gasteiger partial charge on any atom is 0.299 e. The summed E-state index contributed by atoms with van der Waals surface area (Å²) < 4.78 is 0.733. The van der Waals surface area contributed by atoms with E-state index in [-0.39, 0.29) is 5.41 Å². The molecular weight excluding hydrogens is 174 g/mol. The summed E-state index contributed by atoms with van der Waals surface area (Å²) in [6.45, 7) is 6.27. The fourth-order valence-corrected chi connectivity index (χ4v) is 1.21. The lowest BCUT2D eigenvalue weighted by atomic mass is 9.85. The summed E-state index contributed by atoms with van der Waals surface area (Å²) in [7, 11) is 0. The summed E-state index contributed by atoms with van der Waals surface area (Å²) in [5.41, 5.74) is 0.615. The molecule has 0 spiro atoms. The second-order valence-electron chi connectivity index (χ2n) is 3.92. The van der Waals surface area contributed by atoms with Gasteiger partial charge in [0.25, 0.3) is 5.50 Å². The molecule has 1 rings (SSSR count). The van der Waals surface area contributed by atoms with Crippen LogP contribution in [0.25, 0.3) is 0 Å². The van der Waals surface area contributed by atoms with E-state index in [0.29, 0.717) is 0 Å². The number of rotatable bonds is 0. The van der Waals surface area contributed by atoms with Crippen molar-refractivity contribution in [1.29, 1.82) is 0 Å². The number of hydrogen-bond acceptors (Lipinski definition) is 1. The van der Waals surface area contributed by atoms with Gasteiger partial charge in [-0.1, -0.05) is 20.8 Å². The molecule has 0 bridgehead atoms. The molecule has 0 amide bonds. The van der Waals surface area contributed by atoms with Crippen LogP contribution in [0.3, 0.4) is 0 Å². The fourth-order valence-electron chi connectivity index (χ4n) is 1.01. The number of nitrogens with zero attached hydrogens (tertiary/aromatic N) is 1. The van der Waals surface area contributed by atoms with Crippen LogP contribution in [0.1, 0.15) is 20.8 Å². The molecular formula is C9H13ClNO+. The highest BCUT2D eigenvalue weighted by Crippen LogP contribution is 2.29. The molecule has 1 atom stereocenters. The Kier molecular flexibility index (Phi) is 2.38. The topological polar surface area (TPSA) is 20.1 Å². The monoisotopic (exact) mass is 186 g/mol. The highest BCUT2D eigenvalue weighted by molar-refractivity contribution is 6.20.